The van der Waals surface area contributed by atoms with Crippen molar-refractivity contribution in [3.05, 3.63) is 53.1 Å². The summed E-state index contributed by atoms with van der Waals surface area (Å²) >= 11 is 6.31. The molecule has 2 aromatic carbocycles. The maximum Gasteiger partial charge on any atom is 0.307 e. The van der Waals surface area contributed by atoms with E-state index >= 15 is 0 Å². The van der Waals surface area contributed by atoms with Gasteiger partial charge in [0.15, 0.2) is 0 Å². The lowest BCUT2D eigenvalue weighted by Crippen LogP contribution is -2.22. The Morgan fingerprint density at radius 1 is 1.26 bits per heavy atom. The van der Waals surface area contributed by atoms with Crippen LogP contribution in [0.15, 0.2) is 47.0 Å². The van der Waals surface area contributed by atoms with Gasteiger partial charge >= 0.3 is 5.97 Å². The molecule has 1 atom stereocenters. The van der Waals surface area contributed by atoms with Gasteiger partial charge in [-0.05, 0) is 62.7 Å². The number of aliphatic carboxylic acids is 1. The summed E-state index contributed by atoms with van der Waals surface area (Å²) in [6, 6.07) is 13.3. The van der Waals surface area contributed by atoms with Gasteiger partial charge in [-0.1, -0.05) is 28.9 Å². The highest BCUT2D eigenvalue weighted by atomic mass is 35.5. The van der Waals surface area contributed by atoms with Gasteiger partial charge in [-0.25, -0.2) is 0 Å². The van der Waals surface area contributed by atoms with Crippen molar-refractivity contribution in [1.82, 2.24) is 15.0 Å². The number of nitrogens with zero attached hydrogens (tertiary/aromatic N) is 3. The first kappa shape index (κ1) is 21.3. The normalized spacial score (nSPS) is 16.7. The fraction of sp³-hybridized carbons (Fsp3) is 0.348. The lowest BCUT2D eigenvalue weighted by Gasteiger charge is -2.15. The first-order chi connectivity index (χ1) is 14.9. The fourth-order valence-corrected chi connectivity index (χ4v) is 3.86. The summed E-state index contributed by atoms with van der Waals surface area (Å²) in [5.41, 5.74) is 2.68. The van der Waals surface area contributed by atoms with Crippen LogP contribution in [-0.2, 0) is 11.3 Å². The molecule has 1 aliphatic heterocycles. The molecule has 1 fully saturated rings. The second kappa shape index (κ2) is 9.08. The van der Waals surface area contributed by atoms with Gasteiger partial charge in [0.1, 0.15) is 5.75 Å². The molecule has 3 aromatic rings. The van der Waals surface area contributed by atoms with E-state index < -0.39 is 5.97 Å². The molecule has 1 aliphatic rings. The van der Waals surface area contributed by atoms with Gasteiger partial charge in [-0.2, -0.15) is 4.98 Å². The molecule has 0 radical (unpaired) electrons. The molecule has 7 nitrogen and oxygen atoms in total. The third-order valence-electron chi connectivity index (χ3n) is 5.21. The Bertz CT molecular complexity index is 1060. The van der Waals surface area contributed by atoms with Gasteiger partial charge in [-0.15, -0.1) is 0 Å². The van der Waals surface area contributed by atoms with Crippen LogP contribution in [0.3, 0.4) is 0 Å². The second-order valence-corrected chi connectivity index (χ2v) is 8.40. The number of carboxylic acid groups (broad SMARTS) is 1. The number of benzene rings is 2. The molecule has 0 amide bonds. The van der Waals surface area contributed by atoms with E-state index in [2.05, 4.69) is 15.0 Å². The lowest BCUT2D eigenvalue weighted by molar-refractivity contribution is -0.141. The fourth-order valence-electron chi connectivity index (χ4n) is 3.64. The molecule has 0 saturated carbocycles. The van der Waals surface area contributed by atoms with Gasteiger partial charge in [-0.3, -0.25) is 9.69 Å². The van der Waals surface area contributed by atoms with Crippen LogP contribution >= 0.6 is 11.6 Å². The number of carbonyl (C=O) groups is 1. The monoisotopic (exact) mass is 441 g/mol. The Balaban J connectivity index is 1.43. The number of halogens is 1. The SMILES string of the molecule is CC(C)Oc1ccc(-c2noc(-c3ccc(CN4CCC(C(=O)O)C4)cc3)n2)cc1Cl. The molecule has 0 bridgehead atoms. The molecule has 1 aromatic heterocycles. The van der Waals surface area contributed by atoms with E-state index in [0.29, 0.717) is 35.5 Å². The average Bonchev–Trinajstić information content (AvgIpc) is 3.40. The number of ether oxygens (including phenoxy) is 1. The smallest absolute Gasteiger partial charge is 0.307 e. The summed E-state index contributed by atoms with van der Waals surface area (Å²) in [6.45, 7) is 6.00. The van der Waals surface area contributed by atoms with Crippen LogP contribution in [0.5, 0.6) is 5.75 Å². The quantitative estimate of drug-likeness (QED) is 0.565. The second-order valence-electron chi connectivity index (χ2n) is 7.99. The van der Waals surface area contributed by atoms with Crippen molar-refractivity contribution < 1.29 is 19.2 Å². The van der Waals surface area contributed by atoms with E-state index in [0.717, 1.165) is 29.8 Å². The predicted octanol–water partition coefficient (Wildman–Crippen LogP) is 4.75. The minimum Gasteiger partial charge on any atom is -0.489 e. The largest absolute Gasteiger partial charge is 0.489 e. The van der Waals surface area contributed by atoms with Crippen molar-refractivity contribution in [2.24, 2.45) is 5.92 Å². The van der Waals surface area contributed by atoms with Crippen LogP contribution in [-0.4, -0.2) is 45.3 Å². The Hall–Kier alpha value is -2.90. The van der Waals surface area contributed by atoms with Crippen molar-refractivity contribution in [3.8, 4) is 28.6 Å². The highest BCUT2D eigenvalue weighted by Gasteiger charge is 2.27. The Kier molecular flexibility index (Phi) is 6.25. The number of rotatable bonds is 7. The molecular formula is C23H24ClN3O4. The van der Waals surface area contributed by atoms with Crippen LogP contribution < -0.4 is 4.74 Å². The van der Waals surface area contributed by atoms with Gasteiger partial charge < -0.3 is 14.4 Å². The van der Waals surface area contributed by atoms with Crippen LogP contribution in [0, 0.1) is 5.92 Å². The van der Waals surface area contributed by atoms with Crippen LogP contribution in [0.2, 0.25) is 5.02 Å². The Morgan fingerprint density at radius 3 is 2.65 bits per heavy atom. The van der Waals surface area contributed by atoms with Gasteiger partial charge in [0.05, 0.1) is 17.0 Å². The Labute approximate surface area is 185 Å². The summed E-state index contributed by atoms with van der Waals surface area (Å²) in [5.74, 6) is 0.512. The number of likely N-dealkylation sites (tertiary alicyclic amines) is 1. The summed E-state index contributed by atoms with van der Waals surface area (Å²) in [7, 11) is 0. The lowest BCUT2D eigenvalue weighted by atomic mass is 10.1. The summed E-state index contributed by atoms with van der Waals surface area (Å²) in [6.07, 6.45) is 0.736. The predicted molar refractivity (Wildman–Crippen MR) is 117 cm³/mol. The van der Waals surface area contributed by atoms with Crippen molar-refractivity contribution in [2.45, 2.75) is 32.9 Å². The third-order valence-corrected chi connectivity index (χ3v) is 5.50. The van der Waals surface area contributed by atoms with Crippen molar-refractivity contribution in [2.75, 3.05) is 13.1 Å². The van der Waals surface area contributed by atoms with Crippen molar-refractivity contribution in [3.63, 3.8) is 0 Å². The maximum absolute atomic E-state index is 11.1. The maximum atomic E-state index is 11.1. The van der Waals surface area contributed by atoms with Gasteiger partial charge in [0.2, 0.25) is 5.82 Å². The van der Waals surface area contributed by atoms with Gasteiger partial charge in [0, 0.05) is 24.2 Å². The zero-order chi connectivity index (χ0) is 22.0. The van der Waals surface area contributed by atoms with E-state index in [1.54, 1.807) is 12.1 Å². The highest BCUT2D eigenvalue weighted by Crippen LogP contribution is 2.31. The van der Waals surface area contributed by atoms with Crippen LogP contribution in [0.25, 0.3) is 22.8 Å². The third kappa shape index (κ3) is 5.06. The van der Waals surface area contributed by atoms with E-state index in [4.69, 9.17) is 26.0 Å². The number of carboxylic acids is 1. The molecular weight excluding hydrogens is 418 g/mol. The van der Waals surface area contributed by atoms with Crippen LogP contribution in [0.4, 0.5) is 0 Å². The van der Waals surface area contributed by atoms with E-state index in [1.807, 2.05) is 44.2 Å². The average molecular weight is 442 g/mol. The molecule has 0 spiro atoms. The molecule has 162 valence electrons. The van der Waals surface area contributed by atoms with Crippen molar-refractivity contribution in [1.29, 1.82) is 0 Å². The topological polar surface area (TPSA) is 88.7 Å². The minimum atomic E-state index is -0.714. The molecule has 4 rings (SSSR count). The minimum absolute atomic E-state index is 0.0344. The molecule has 31 heavy (non-hydrogen) atoms. The number of aromatic nitrogens is 2. The standard InChI is InChI=1S/C23H24ClN3O4/c1-14(2)30-20-8-7-17(11-19(20)24)21-25-22(31-26-21)16-5-3-15(4-6-16)12-27-10-9-18(13-27)23(28)29/h3-8,11,14,18H,9-10,12-13H2,1-2H3,(H,28,29). The van der Waals surface area contributed by atoms with E-state index in [-0.39, 0.29) is 12.0 Å². The Morgan fingerprint density at radius 2 is 2.00 bits per heavy atom. The first-order valence-electron chi connectivity index (χ1n) is 10.2. The van der Waals surface area contributed by atoms with E-state index in [9.17, 15) is 4.79 Å². The first-order valence-corrected chi connectivity index (χ1v) is 10.6. The van der Waals surface area contributed by atoms with Crippen LogP contribution in [0.1, 0.15) is 25.8 Å². The summed E-state index contributed by atoms with van der Waals surface area (Å²) < 4.78 is 11.1. The number of hydrogen-bond acceptors (Lipinski definition) is 6. The molecule has 1 unspecified atom stereocenters. The zero-order valence-electron chi connectivity index (χ0n) is 17.4. The van der Waals surface area contributed by atoms with Crippen molar-refractivity contribution >= 4 is 17.6 Å². The molecule has 2 heterocycles. The van der Waals surface area contributed by atoms with Gasteiger partial charge in [0.25, 0.3) is 5.89 Å². The summed E-state index contributed by atoms with van der Waals surface area (Å²) in [5, 5.41) is 13.7. The highest BCUT2D eigenvalue weighted by molar-refractivity contribution is 6.32. The van der Waals surface area contributed by atoms with E-state index in [1.165, 1.54) is 0 Å². The molecule has 8 heteroatoms. The molecule has 1 N–H and O–H groups in total. The zero-order valence-corrected chi connectivity index (χ0v) is 18.2. The summed E-state index contributed by atoms with van der Waals surface area (Å²) in [4.78, 5) is 17.8. The number of hydrogen-bond donors (Lipinski definition) is 1. The molecule has 1 saturated heterocycles. The molecule has 0 aliphatic carbocycles.